The lowest BCUT2D eigenvalue weighted by atomic mass is 10.2. The number of imide groups is 1. The quantitative estimate of drug-likeness (QED) is 0.288. The summed E-state index contributed by atoms with van der Waals surface area (Å²) in [6.45, 7) is 14.8. The highest BCUT2D eigenvalue weighted by Crippen LogP contribution is 2.70. The van der Waals surface area contributed by atoms with Crippen molar-refractivity contribution in [1.29, 1.82) is 0 Å². The normalized spacial score (nSPS) is 11.4. The van der Waals surface area contributed by atoms with E-state index in [0.29, 0.717) is 28.9 Å². The number of hydrogen-bond acceptors (Lipinski definition) is 4. The molecule has 1 aromatic carbocycles. The molecule has 0 spiro atoms. The first-order valence-electron chi connectivity index (χ1n) is 10.4. The van der Waals surface area contributed by atoms with Gasteiger partial charge in [-0.05, 0) is 60.6 Å². The Morgan fingerprint density at radius 3 is 2.03 bits per heavy atom. The predicted molar refractivity (Wildman–Crippen MR) is 127 cm³/mol. The second-order valence-electron chi connectivity index (χ2n) is 8.04. The molecule has 0 saturated carbocycles. The van der Waals surface area contributed by atoms with Gasteiger partial charge in [0.15, 0.2) is 0 Å². The number of methoxy groups -OCH3 is 1. The molecule has 1 aromatic rings. The molecule has 0 aliphatic heterocycles. The Labute approximate surface area is 181 Å². The fraction of sp³-hybridized carbons (Fsp3) is 0.565. The zero-order valence-electron chi connectivity index (χ0n) is 19.4. The van der Waals surface area contributed by atoms with Crippen LogP contribution in [0.2, 0.25) is 0 Å². The van der Waals surface area contributed by atoms with Gasteiger partial charge in [-0.25, -0.2) is 9.69 Å². The fourth-order valence-corrected chi connectivity index (χ4v) is 9.62. The van der Waals surface area contributed by atoms with Gasteiger partial charge < -0.3 is 14.9 Å². The number of benzene rings is 1. The van der Waals surface area contributed by atoms with Crippen LogP contribution in [0.15, 0.2) is 29.8 Å². The summed E-state index contributed by atoms with van der Waals surface area (Å²) >= 11 is 0. The summed E-state index contributed by atoms with van der Waals surface area (Å²) in [6, 6.07) is 6.72. The Bertz CT molecular complexity index is 776. The molecule has 0 bridgehead atoms. The summed E-state index contributed by atoms with van der Waals surface area (Å²) < 4.78 is 10.5. The van der Waals surface area contributed by atoms with Crippen LogP contribution in [0, 0.1) is 0 Å². The van der Waals surface area contributed by atoms with Crippen LogP contribution in [-0.4, -0.2) is 54.7 Å². The molecule has 0 unspecified atom stereocenters. The van der Waals surface area contributed by atoms with Crippen molar-refractivity contribution in [2.75, 3.05) is 24.8 Å². The minimum Gasteiger partial charge on any atom is -0.763 e. The van der Waals surface area contributed by atoms with E-state index < -0.39 is 19.3 Å². The predicted octanol–water partition coefficient (Wildman–Crippen LogP) is 5.59. The fourth-order valence-electron chi connectivity index (χ4n) is 4.19. The van der Waals surface area contributed by atoms with Crippen LogP contribution in [0.3, 0.4) is 0 Å². The van der Waals surface area contributed by atoms with E-state index in [1.54, 1.807) is 31.2 Å². The summed E-state index contributed by atoms with van der Waals surface area (Å²) in [4.78, 5) is 27.2. The Hall–Kier alpha value is -2.16. The lowest BCUT2D eigenvalue weighted by molar-refractivity contribution is -0.114. The van der Waals surface area contributed by atoms with Crippen LogP contribution in [0.5, 0.6) is 5.75 Å². The van der Waals surface area contributed by atoms with Crippen molar-refractivity contribution < 1.29 is 19.1 Å². The molecule has 0 saturated heterocycles. The van der Waals surface area contributed by atoms with Gasteiger partial charge in [-0.2, -0.15) is 0 Å². The molecule has 7 heteroatoms. The molecule has 0 radical (unpaired) electrons. The molecule has 2 amide bonds. The third-order valence-electron chi connectivity index (χ3n) is 5.69. The number of hydrogen-bond donors (Lipinski definition) is 0. The van der Waals surface area contributed by atoms with E-state index in [0.717, 1.165) is 4.90 Å². The number of ether oxygens (including phenoxy) is 2. The lowest BCUT2D eigenvalue weighted by Crippen LogP contribution is -2.40. The molecule has 0 N–H and O–H groups in total. The number of amides is 2. The number of nitrogens with zero attached hydrogens (tertiary/aromatic N) is 2. The molecule has 0 aliphatic carbocycles. The standard InChI is InChI=1S/C23H35N2O4P/c1-9-29-23(27)25(20-12-10-11-13-21(20)28-8)22(26)19(14-24)15-30(16(2)3,17(4)5)18(6)7/h10-13,16-18H,9,15H2,1-8H3. The zero-order chi connectivity index (χ0) is 23.1. The van der Waals surface area contributed by atoms with Crippen molar-refractivity contribution >= 4 is 30.8 Å². The van der Waals surface area contributed by atoms with E-state index in [9.17, 15) is 15.0 Å². The number of carbonyl (C=O) groups excluding carboxylic acids is 2. The Balaban J connectivity index is 3.53. The van der Waals surface area contributed by atoms with E-state index in [4.69, 9.17) is 9.47 Å². The topological polar surface area (TPSA) is 78.1 Å². The average Bonchev–Trinajstić information content (AvgIpc) is 2.68. The zero-order valence-corrected chi connectivity index (χ0v) is 20.3. The van der Waals surface area contributed by atoms with Crippen LogP contribution in [-0.2, 0) is 9.53 Å². The maximum atomic E-state index is 13.5. The lowest BCUT2D eigenvalue weighted by Gasteiger charge is -2.39. The molecule has 0 aliphatic rings. The minimum atomic E-state index is -1.72. The monoisotopic (exact) mass is 434 g/mol. The third-order valence-corrected chi connectivity index (χ3v) is 12.3. The Kier molecular flexibility index (Phi) is 9.74. The molecule has 0 heterocycles. The minimum absolute atomic E-state index is 0.0818. The first-order valence-corrected chi connectivity index (χ1v) is 12.5. The van der Waals surface area contributed by atoms with Crippen LogP contribution in [0.4, 0.5) is 10.5 Å². The van der Waals surface area contributed by atoms with Crippen molar-refractivity contribution in [3.8, 4) is 5.75 Å². The Morgan fingerprint density at radius 2 is 1.60 bits per heavy atom. The summed E-state index contributed by atoms with van der Waals surface area (Å²) in [6.07, 6.45) is -0.428. The van der Waals surface area contributed by atoms with E-state index in [-0.39, 0.29) is 17.9 Å². The number of rotatable bonds is 9. The van der Waals surface area contributed by atoms with Crippen molar-refractivity contribution in [2.24, 2.45) is 0 Å². The molecule has 1 rings (SSSR count). The summed E-state index contributed by atoms with van der Waals surface area (Å²) in [5.41, 5.74) is 1.38. The van der Waals surface area contributed by atoms with Crippen molar-refractivity contribution in [1.82, 2.24) is 0 Å². The third kappa shape index (κ3) is 5.30. The van der Waals surface area contributed by atoms with Gasteiger partial charge in [0.05, 0.1) is 48.1 Å². The van der Waals surface area contributed by atoms with Gasteiger partial charge in [0, 0.05) is 7.26 Å². The molecule has 0 atom stereocenters. The maximum Gasteiger partial charge on any atom is 0.421 e. The summed E-state index contributed by atoms with van der Waals surface area (Å²) in [5.74, 6) is 1.82. The highest BCUT2D eigenvalue weighted by atomic mass is 31.2. The first-order chi connectivity index (χ1) is 14.1. The van der Waals surface area contributed by atoms with Gasteiger partial charge in [-0.3, -0.25) is 10.7 Å². The molecular weight excluding hydrogens is 399 g/mol. The summed E-state index contributed by atoms with van der Waals surface area (Å²) in [7, 11) is -0.258. The first kappa shape index (κ1) is 25.9. The SMILES string of the molecule is CCOC(=O)N(C(=O)C(=C=[N-])C[P+](C(C)C)(C(C)C)C(C)C)c1ccccc1OC. The van der Waals surface area contributed by atoms with Gasteiger partial charge in [0.2, 0.25) is 0 Å². The van der Waals surface area contributed by atoms with E-state index in [1.807, 2.05) is 0 Å². The van der Waals surface area contributed by atoms with Gasteiger partial charge in [0.25, 0.3) is 5.91 Å². The van der Waals surface area contributed by atoms with Crippen molar-refractivity contribution in [3.05, 3.63) is 35.2 Å². The smallest absolute Gasteiger partial charge is 0.421 e. The van der Waals surface area contributed by atoms with Gasteiger partial charge >= 0.3 is 6.09 Å². The van der Waals surface area contributed by atoms with Crippen LogP contribution >= 0.6 is 7.26 Å². The van der Waals surface area contributed by atoms with Gasteiger partial charge in [-0.15, -0.1) is 0 Å². The van der Waals surface area contributed by atoms with Gasteiger partial charge in [0.1, 0.15) is 5.75 Å². The average molecular weight is 435 g/mol. The van der Waals surface area contributed by atoms with E-state index in [1.165, 1.54) is 7.11 Å². The molecule has 30 heavy (non-hydrogen) atoms. The molecular formula is C23H35N2O4P. The highest BCUT2D eigenvalue weighted by molar-refractivity contribution is 7.78. The largest absolute Gasteiger partial charge is 0.763 e. The van der Waals surface area contributed by atoms with Crippen LogP contribution < -0.4 is 9.64 Å². The summed E-state index contributed by atoms with van der Waals surface area (Å²) in [5, 5.41) is 9.94. The van der Waals surface area contributed by atoms with Crippen molar-refractivity contribution in [3.63, 3.8) is 0 Å². The van der Waals surface area contributed by atoms with E-state index in [2.05, 4.69) is 47.4 Å². The number of anilines is 1. The maximum absolute atomic E-state index is 13.5. The number of para-hydroxylation sites is 2. The van der Waals surface area contributed by atoms with Crippen LogP contribution in [0.1, 0.15) is 48.5 Å². The molecule has 0 fully saturated rings. The van der Waals surface area contributed by atoms with Gasteiger partial charge in [-0.1, -0.05) is 12.1 Å². The second kappa shape index (κ2) is 11.3. The molecule has 0 aromatic heterocycles. The number of carbonyl (C=O) groups is 2. The highest BCUT2D eigenvalue weighted by Gasteiger charge is 2.49. The Morgan fingerprint density at radius 1 is 1.07 bits per heavy atom. The van der Waals surface area contributed by atoms with Crippen LogP contribution in [0.25, 0.3) is 5.41 Å². The second-order valence-corrected chi connectivity index (χ2v) is 13.4. The molecule has 166 valence electrons. The molecule has 6 nitrogen and oxygen atoms in total. The van der Waals surface area contributed by atoms with E-state index >= 15 is 0 Å². The van der Waals surface area contributed by atoms with Crippen molar-refractivity contribution in [2.45, 2.75) is 65.4 Å².